The number of amides is 1. The van der Waals surface area contributed by atoms with Crippen molar-refractivity contribution < 1.29 is 18.3 Å². The van der Waals surface area contributed by atoms with E-state index in [9.17, 15) is 13.6 Å². The number of aromatic nitrogens is 3. The van der Waals surface area contributed by atoms with E-state index in [1.165, 1.54) is 13.2 Å². The molecule has 8 heteroatoms. The molecule has 0 N–H and O–H groups in total. The molecule has 6 nitrogen and oxygen atoms in total. The van der Waals surface area contributed by atoms with Crippen LogP contribution in [-0.4, -0.2) is 58.8 Å². The molecule has 0 aliphatic carbocycles. The second kappa shape index (κ2) is 10.4. The van der Waals surface area contributed by atoms with E-state index in [1.54, 1.807) is 35.4 Å². The van der Waals surface area contributed by atoms with Gasteiger partial charge >= 0.3 is 0 Å². The Morgan fingerprint density at radius 2 is 2.03 bits per heavy atom. The molecular weight excluding hydrogens is 390 g/mol. The Morgan fingerprint density at radius 3 is 2.70 bits per heavy atom. The van der Waals surface area contributed by atoms with E-state index < -0.39 is 18.9 Å². The first kappa shape index (κ1) is 21.3. The van der Waals surface area contributed by atoms with Gasteiger partial charge in [-0.15, -0.1) is 0 Å². The minimum Gasteiger partial charge on any atom is -0.383 e. The molecule has 0 fully saturated rings. The molecule has 0 aliphatic heterocycles. The number of methoxy groups -OCH3 is 1. The summed E-state index contributed by atoms with van der Waals surface area (Å²) in [5, 5.41) is 4.63. The molecule has 0 aliphatic rings. The zero-order valence-electron chi connectivity index (χ0n) is 16.5. The monoisotopic (exact) mass is 412 g/mol. The quantitative estimate of drug-likeness (QED) is 0.503. The molecular formula is C22H22F2N4O2. The number of benzene rings is 1. The van der Waals surface area contributed by atoms with Crippen LogP contribution in [0.15, 0.2) is 67.1 Å². The van der Waals surface area contributed by atoms with Crippen molar-refractivity contribution in [3.05, 3.63) is 72.7 Å². The normalized spacial score (nSPS) is 11.3. The van der Waals surface area contributed by atoms with Gasteiger partial charge in [-0.05, 0) is 30.3 Å². The van der Waals surface area contributed by atoms with Crippen molar-refractivity contribution in [3.63, 3.8) is 0 Å². The van der Waals surface area contributed by atoms with Gasteiger partial charge in [-0.1, -0.05) is 18.2 Å². The molecule has 0 radical (unpaired) electrons. The molecule has 0 bridgehead atoms. The van der Waals surface area contributed by atoms with Gasteiger partial charge in [0.25, 0.3) is 6.43 Å². The minimum atomic E-state index is -2.62. The first-order valence-electron chi connectivity index (χ1n) is 9.38. The van der Waals surface area contributed by atoms with Crippen LogP contribution in [0.3, 0.4) is 0 Å². The Bertz CT molecular complexity index is 975. The molecule has 2 heterocycles. The molecule has 2 aromatic heterocycles. The predicted molar refractivity (Wildman–Crippen MR) is 110 cm³/mol. The maximum Gasteiger partial charge on any atom is 0.255 e. The fraction of sp³-hybridized carbons (Fsp3) is 0.227. The van der Waals surface area contributed by atoms with Crippen molar-refractivity contribution in [2.24, 2.45) is 0 Å². The first-order chi connectivity index (χ1) is 14.6. The van der Waals surface area contributed by atoms with Crippen LogP contribution in [0.25, 0.3) is 23.0 Å². The third kappa shape index (κ3) is 5.57. The summed E-state index contributed by atoms with van der Waals surface area (Å²) in [5.41, 5.74) is 2.94. The first-order valence-corrected chi connectivity index (χ1v) is 9.38. The van der Waals surface area contributed by atoms with E-state index in [4.69, 9.17) is 4.74 Å². The van der Waals surface area contributed by atoms with Gasteiger partial charge in [0.2, 0.25) is 5.91 Å². The number of hydrogen-bond acceptors (Lipinski definition) is 4. The standard InChI is InChI=1S/C22H22F2N4O2/c1-30-13-12-27(16-20(23)24)21(29)10-9-18-15-28(19-7-3-2-4-8-19)26-22(18)17-6-5-11-25-14-17/h2-11,14-15,20H,12-13,16H2,1H3/b10-9+. The molecule has 1 aromatic carbocycles. The zero-order chi connectivity index (χ0) is 21.3. The van der Waals surface area contributed by atoms with Gasteiger partial charge in [-0.25, -0.2) is 13.5 Å². The molecule has 156 valence electrons. The number of carbonyl (C=O) groups is 1. The fourth-order valence-corrected chi connectivity index (χ4v) is 2.88. The number of rotatable bonds is 9. The van der Waals surface area contributed by atoms with E-state index in [0.717, 1.165) is 16.2 Å². The smallest absolute Gasteiger partial charge is 0.255 e. The van der Waals surface area contributed by atoms with Gasteiger partial charge in [0.1, 0.15) is 5.69 Å². The Balaban J connectivity index is 1.91. The molecule has 3 aromatic rings. The lowest BCUT2D eigenvalue weighted by Gasteiger charge is -2.20. The molecule has 0 spiro atoms. The van der Waals surface area contributed by atoms with Crippen LogP contribution >= 0.6 is 0 Å². The van der Waals surface area contributed by atoms with Crippen molar-refractivity contribution in [1.82, 2.24) is 19.7 Å². The molecule has 0 saturated carbocycles. The molecule has 1 amide bonds. The highest BCUT2D eigenvalue weighted by molar-refractivity contribution is 5.92. The maximum atomic E-state index is 12.8. The molecule has 0 atom stereocenters. The molecule has 30 heavy (non-hydrogen) atoms. The summed E-state index contributed by atoms with van der Waals surface area (Å²) in [4.78, 5) is 17.7. The summed E-state index contributed by atoms with van der Waals surface area (Å²) in [5.74, 6) is -0.517. The molecule has 0 unspecified atom stereocenters. The van der Waals surface area contributed by atoms with E-state index in [2.05, 4.69) is 10.1 Å². The van der Waals surface area contributed by atoms with E-state index >= 15 is 0 Å². The largest absolute Gasteiger partial charge is 0.383 e. The van der Waals surface area contributed by atoms with E-state index in [-0.39, 0.29) is 13.2 Å². The topological polar surface area (TPSA) is 60.2 Å². The lowest BCUT2D eigenvalue weighted by atomic mass is 10.1. The van der Waals surface area contributed by atoms with Gasteiger partial charge in [-0.2, -0.15) is 5.10 Å². The van der Waals surface area contributed by atoms with Crippen molar-refractivity contribution >= 4 is 12.0 Å². The van der Waals surface area contributed by atoms with Gasteiger partial charge in [0, 0.05) is 49.4 Å². The highest BCUT2D eigenvalue weighted by Gasteiger charge is 2.17. The van der Waals surface area contributed by atoms with Crippen LogP contribution in [0, 0.1) is 0 Å². The maximum absolute atomic E-state index is 12.8. The Morgan fingerprint density at radius 1 is 1.23 bits per heavy atom. The SMILES string of the molecule is COCCN(CC(F)F)C(=O)/C=C/c1cn(-c2ccccc2)nc1-c1cccnc1. The number of ether oxygens (including phenoxy) is 1. The highest BCUT2D eigenvalue weighted by atomic mass is 19.3. The highest BCUT2D eigenvalue weighted by Crippen LogP contribution is 2.24. The number of nitrogens with zero attached hydrogens (tertiary/aromatic N) is 4. The fourth-order valence-electron chi connectivity index (χ4n) is 2.88. The van der Waals surface area contributed by atoms with Gasteiger partial charge in [0.05, 0.1) is 18.8 Å². The third-order valence-corrected chi connectivity index (χ3v) is 4.34. The number of hydrogen-bond donors (Lipinski definition) is 0. The Hall–Kier alpha value is -3.39. The van der Waals surface area contributed by atoms with Crippen molar-refractivity contribution in [1.29, 1.82) is 0 Å². The van der Waals surface area contributed by atoms with Crippen LogP contribution in [0.5, 0.6) is 0 Å². The van der Waals surface area contributed by atoms with Crippen molar-refractivity contribution in [3.8, 4) is 16.9 Å². The van der Waals surface area contributed by atoms with Gasteiger partial charge in [-0.3, -0.25) is 9.78 Å². The van der Waals surface area contributed by atoms with Crippen molar-refractivity contribution in [2.45, 2.75) is 6.43 Å². The number of para-hydroxylation sites is 1. The lowest BCUT2D eigenvalue weighted by Crippen LogP contribution is -2.36. The summed E-state index contributed by atoms with van der Waals surface area (Å²) in [6.45, 7) is -0.382. The van der Waals surface area contributed by atoms with Crippen LogP contribution in [-0.2, 0) is 9.53 Å². The van der Waals surface area contributed by atoms with Gasteiger partial charge in [0.15, 0.2) is 0 Å². The van der Waals surface area contributed by atoms with Crippen LogP contribution in [0.2, 0.25) is 0 Å². The van der Waals surface area contributed by atoms with Crippen LogP contribution in [0.4, 0.5) is 8.78 Å². The Kier molecular flexibility index (Phi) is 7.40. The molecule has 3 rings (SSSR count). The van der Waals surface area contributed by atoms with E-state index in [0.29, 0.717) is 11.3 Å². The van der Waals surface area contributed by atoms with Crippen LogP contribution < -0.4 is 0 Å². The van der Waals surface area contributed by atoms with Crippen molar-refractivity contribution in [2.75, 3.05) is 26.8 Å². The minimum absolute atomic E-state index is 0.0861. The summed E-state index contributed by atoms with van der Waals surface area (Å²) in [6, 6.07) is 13.2. The second-order valence-electron chi connectivity index (χ2n) is 6.46. The summed E-state index contributed by atoms with van der Waals surface area (Å²) in [6.07, 6.45) is 5.37. The zero-order valence-corrected chi connectivity index (χ0v) is 16.5. The Labute approximate surface area is 173 Å². The van der Waals surface area contributed by atoms with Crippen LogP contribution in [0.1, 0.15) is 5.56 Å². The predicted octanol–water partition coefficient (Wildman–Crippen LogP) is 3.69. The number of alkyl halides is 2. The van der Waals surface area contributed by atoms with Gasteiger partial charge < -0.3 is 9.64 Å². The summed E-state index contributed by atoms with van der Waals surface area (Å²) in [7, 11) is 1.46. The number of halogens is 2. The number of carbonyl (C=O) groups excluding carboxylic acids is 1. The average molecular weight is 412 g/mol. The summed E-state index contributed by atoms with van der Waals surface area (Å²) < 4.78 is 32.3. The summed E-state index contributed by atoms with van der Waals surface area (Å²) >= 11 is 0. The lowest BCUT2D eigenvalue weighted by molar-refractivity contribution is -0.128. The average Bonchev–Trinajstić information content (AvgIpc) is 3.20. The number of pyridine rings is 1. The van der Waals surface area contributed by atoms with E-state index in [1.807, 2.05) is 36.4 Å². The molecule has 0 saturated heterocycles. The third-order valence-electron chi connectivity index (χ3n) is 4.34. The second-order valence-corrected chi connectivity index (χ2v) is 6.46.